The second-order valence-electron chi connectivity index (χ2n) is 4.51. The minimum Gasteiger partial charge on any atom is -0.420 e. The highest BCUT2D eigenvalue weighted by Crippen LogP contribution is 2.18. The van der Waals surface area contributed by atoms with Crippen LogP contribution in [0.3, 0.4) is 0 Å². The van der Waals surface area contributed by atoms with Crippen LogP contribution in [0, 0.1) is 17.1 Å². The predicted molar refractivity (Wildman–Crippen MR) is 79.9 cm³/mol. The average Bonchev–Trinajstić information content (AvgIpc) is 2.89. The van der Waals surface area contributed by atoms with Crippen molar-refractivity contribution in [3.05, 3.63) is 47.2 Å². The van der Waals surface area contributed by atoms with Gasteiger partial charge in [0.1, 0.15) is 11.9 Å². The van der Waals surface area contributed by atoms with Crippen molar-refractivity contribution in [2.75, 3.05) is 11.9 Å². The van der Waals surface area contributed by atoms with Gasteiger partial charge in [-0.15, -0.1) is 0 Å². The fraction of sp³-hybridized carbons (Fsp3) is 0.250. The number of benzene rings is 1. The maximum absolute atomic E-state index is 12.8. The zero-order chi connectivity index (χ0) is 15.1. The van der Waals surface area contributed by atoms with E-state index in [1.165, 1.54) is 12.1 Å². The summed E-state index contributed by atoms with van der Waals surface area (Å²) in [6.07, 6.45) is 5.45. The summed E-state index contributed by atoms with van der Waals surface area (Å²) in [6, 6.07) is 8.07. The van der Waals surface area contributed by atoms with Crippen LogP contribution in [0.2, 0.25) is 0 Å². The summed E-state index contributed by atoms with van der Waals surface area (Å²) in [5.74, 6) is 0.456. The fourth-order valence-electron chi connectivity index (χ4n) is 1.72. The number of hydrogen-bond acceptors (Lipinski definition) is 4. The molecule has 0 bridgehead atoms. The number of nitrogens with zero attached hydrogens (tertiary/aromatic N) is 2. The number of hydrogen-bond donors (Lipinski definition) is 1. The highest BCUT2D eigenvalue weighted by atomic mass is 19.1. The van der Waals surface area contributed by atoms with Crippen molar-refractivity contribution < 1.29 is 8.81 Å². The molecular weight excluding hydrogens is 269 g/mol. The zero-order valence-corrected chi connectivity index (χ0v) is 11.8. The topological polar surface area (TPSA) is 61.9 Å². The third-order valence-corrected chi connectivity index (χ3v) is 2.85. The van der Waals surface area contributed by atoms with E-state index in [1.54, 1.807) is 24.3 Å². The van der Waals surface area contributed by atoms with Crippen molar-refractivity contribution in [2.24, 2.45) is 0 Å². The number of anilines is 1. The van der Waals surface area contributed by atoms with Gasteiger partial charge in [0.15, 0.2) is 0 Å². The molecular formula is C16H16FN3O. The Labute approximate surface area is 122 Å². The number of nitriles is 1. The molecule has 0 saturated carbocycles. The van der Waals surface area contributed by atoms with E-state index in [0.29, 0.717) is 11.8 Å². The molecule has 4 nitrogen and oxygen atoms in total. The number of aromatic nitrogens is 1. The molecule has 0 saturated heterocycles. The van der Waals surface area contributed by atoms with Crippen LogP contribution in [0.15, 0.2) is 28.7 Å². The van der Waals surface area contributed by atoms with Crippen LogP contribution in [0.25, 0.3) is 12.2 Å². The largest absolute Gasteiger partial charge is 0.420 e. The second-order valence-corrected chi connectivity index (χ2v) is 4.51. The SMILES string of the molecule is CCCCNc1oc(C=Cc2ccc(F)cc2)nc1C#N. The maximum atomic E-state index is 12.8. The first-order chi connectivity index (χ1) is 10.2. The number of unbranched alkanes of at least 4 members (excludes halogenated alkanes) is 1. The molecule has 1 heterocycles. The van der Waals surface area contributed by atoms with Gasteiger partial charge >= 0.3 is 0 Å². The maximum Gasteiger partial charge on any atom is 0.232 e. The van der Waals surface area contributed by atoms with E-state index >= 15 is 0 Å². The summed E-state index contributed by atoms with van der Waals surface area (Å²) in [6.45, 7) is 2.83. The molecule has 21 heavy (non-hydrogen) atoms. The lowest BCUT2D eigenvalue weighted by molar-refractivity contribution is 0.556. The lowest BCUT2D eigenvalue weighted by atomic mass is 10.2. The Morgan fingerprint density at radius 1 is 1.33 bits per heavy atom. The summed E-state index contributed by atoms with van der Waals surface area (Å²) in [5.41, 5.74) is 1.07. The molecule has 0 aliphatic carbocycles. The number of rotatable bonds is 6. The summed E-state index contributed by atoms with van der Waals surface area (Å²) >= 11 is 0. The van der Waals surface area contributed by atoms with Gasteiger partial charge in [-0.25, -0.2) is 4.39 Å². The lowest BCUT2D eigenvalue weighted by Gasteiger charge is -1.99. The molecule has 5 heteroatoms. The molecule has 1 N–H and O–H groups in total. The van der Waals surface area contributed by atoms with Crippen LogP contribution in [0.1, 0.15) is 36.9 Å². The van der Waals surface area contributed by atoms with Crippen molar-refractivity contribution in [3.8, 4) is 6.07 Å². The molecule has 1 aromatic carbocycles. The Hall–Kier alpha value is -2.61. The summed E-state index contributed by atoms with van der Waals surface area (Å²) in [7, 11) is 0. The molecule has 0 aliphatic heterocycles. The molecule has 0 fully saturated rings. The lowest BCUT2D eigenvalue weighted by Crippen LogP contribution is -2.00. The first kappa shape index (κ1) is 14.8. The first-order valence-corrected chi connectivity index (χ1v) is 6.81. The Morgan fingerprint density at radius 2 is 2.10 bits per heavy atom. The first-order valence-electron chi connectivity index (χ1n) is 6.81. The van der Waals surface area contributed by atoms with Gasteiger partial charge < -0.3 is 9.73 Å². The van der Waals surface area contributed by atoms with Crippen molar-refractivity contribution in [1.82, 2.24) is 4.98 Å². The molecule has 0 radical (unpaired) electrons. The van der Waals surface area contributed by atoms with Gasteiger partial charge in [-0.05, 0) is 30.2 Å². The third-order valence-electron chi connectivity index (χ3n) is 2.85. The van der Waals surface area contributed by atoms with Gasteiger partial charge in [-0.3, -0.25) is 0 Å². The number of oxazole rings is 1. The van der Waals surface area contributed by atoms with Crippen LogP contribution in [0.4, 0.5) is 10.3 Å². The van der Waals surface area contributed by atoms with E-state index in [1.807, 2.05) is 6.07 Å². The van der Waals surface area contributed by atoms with E-state index in [-0.39, 0.29) is 11.5 Å². The van der Waals surface area contributed by atoms with Gasteiger partial charge in [-0.2, -0.15) is 10.2 Å². The highest BCUT2D eigenvalue weighted by molar-refractivity contribution is 5.67. The van der Waals surface area contributed by atoms with Crippen molar-refractivity contribution >= 4 is 18.0 Å². The number of halogens is 1. The minimum absolute atomic E-state index is 0.241. The van der Waals surface area contributed by atoms with Gasteiger partial charge in [0.25, 0.3) is 0 Å². The second kappa shape index (κ2) is 7.25. The van der Waals surface area contributed by atoms with Crippen molar-refractivity contribution in [3.63, 3.8) is 0 Å². The molecule has 0 unspecified atom stereocenters. The Morgan fingerprint density at radius 3 is 2.76 bits per heavy atom. The quantitative estimate of drug-likeness (QED) is 0.813. The molecule has 0 atom stereocenters. The normalized spacial score (nSPS) is 10.7. The monoisotopic (exact) mass is 285 g/mol. The Balaban J connectivity index is 2.09. The zero-order valence-electron chi connectivity index (χ0n) is 11.8. The summed E-state index contributed by atoms with van der Waals surface area (Å²) in [4.78, 5) is 4.09. The number of nitrogens with one attached hydrogen (secondary N) is 1. The van der Waals surface area contributed by atoms with Crippen LogP contribution >= 0.6 is 0 Å². The van der Waals surface area contributed by atoms with E-state index in [2.05, 4.69) is 17.2 Å². The van der Waals surface area contributed by atoms with E-state index in [4.69, 9.17) is 9.68 Å². The summed E-state index contributed by atoms with van der Waals surface area (Å²) < 4.78 is 18.3. The molecule has 2 aromatic rings. The van der Waals surface area contributed by atoms with Crippen LogP contribution < -0.4 is 5.32 Å². The van der Waals surface area contributed by atoms with Crippen LogP contribution in [-0.2, 0) is 0 Å². The summed E-state index contributed by atoms with van der Waals surface area (Å²) in [5, 5.41) is 12.1. The molecule has 1 aromatic heterocycles. The minimum atomic E-state index is -0.280. The van der Waals surface area contributed by atoms with Crippen LogP contribution in [-0.4, -0.2) is 11.5 Å². The Kier molecular flexibility index (Phi) is 5.10. The smallest absolute Gasteiger partial charge is 0.232 e. The van der Waals surface area contributed by atoms with E-state index < -0.39 is 0 Å². The van der Waals surface area contributed by atoms with E-state index in [0.717, 1.165) is 24.9 Å². The van der Waals surface area contributed by atoms with Gasteiger partial charge in [0.05, 0.1) is 0 Å². The van der Waals surface area contributed by atoms with Gasteiger partial charge in [-0.1, -0.05) is 25.5 Å². The third kappa shape index (κ3) is 4.18. The molecule has 108 valence electrons. The molecule has 0 spiro atoms. The molecule has 0 aliphatic rings. The Bertz CT molecular complexity index is 653. The van der Waals surface area contributed by atoms with Gasteiger partial charge in [0.2, 0.25) is 17.5 Å². The van der Waals surface area contributed by atoms with Crippen LogP contribution in [0.5, 0.6) is 0 Å². The predicted octanol–water partition coefficient (Wildman–Crippen LogP) is 4.07. The standard InChI is InChI=1S/C16H16FN3O/c1-2-3-10-19-16-14(11-18)20-15(21-16)9-6-12-4-7-13(17)8-5-12/h4-9,19H,2-3,10H2,1H3. The van der Waals surface area contributed by atoms with Crippen molar-refractivity contribution in [1.29, 1.82) is 5.26 Å². The molecule has 2 rings (SSSR count). The molecule has 0 amide bonds. The van der Waals surface area contributed by atoms with Crippen molar-refractivity contribution in [2.45, 2.75) is 19.8 Å². The fourth-order valence-corrected chi connectivity index (χ4v) is 1.72. The highest BCUT2D eigenvalue weighted by Gasteiger charge is 2.10. The average molecular weight is 285 g/mol. The van der Waals surface area contributed by atoms with E-state index in [9.17, 15) is 4.39 Å². The van der Waals surface area contributed by atoms with Gasteiger partial charge in [0, 0.05) is 12.6 Å².